The van der Waals surface area contributed by atoms with E-state index in [4.69, 9.17) is 4.74 Å². The molecule has 6 nitrogen and oxygen atoms in total. The normalized spacial score (nSPS) is 18.1. The van der Waals surface area contributed by atoms with Crippen LogP contribution in [-0.4, -0.2) is 29.0 Å². The standard InChI is InChI=1S/C14H17N2O4/c1-2-11-7-8-15(9-11)14(17)20-10-12-3-5-13(6-4-12)16(18)19/h2-6,11H,7-10H2,1H3. The van der Waals surface area contributed by atoms with Crippen LogP contribution >= 0.6 is 0 Å². The number of hydrogen-bond acceptors (Lipinski definition) is 4. The molecule has 1 unspecified atom stereocenters. The fourth-order valence-electron chi connectivity index (χ4n) is 2.18. The summed E-state index contributed by atoms with van der Waals surface area (Å²) in [5.74, 6) is 0.446. The van der Waals surface area contributed by atoms with Crippen molar-refractivity contribution in [1.29, 1.82) is 0 Å². The second kappa shape index (κ2) is 6.36. The third-order valence-electron chi connectivity index (χ3n) is 3.46. The number of hydrogen-bond donors (Lipinski definition) is 0. The van der Waals surface area contributed by atoms with E-state index in [2.05, 4.69) is 6.42 Å². The molecule has 0 aromatic heterocycles. The fourth-order valence-corrected chi connectivity index (χ4v) is 2.18. The van der Waals surface area contributed by atoms with E-state index in [-0.39, 0.29) is 18.4 Å². The summed E-state index contributed by atoms with van der Waals surface area (Å²) in [4.78, 5) is 23.6. The van der Waals surface area contributed by atoms with Crippen LogP contribution in [0.1, 0.15) is 18.9 Å². The molecule has 2 rings (SSSR count). The molecule has 0 N–H and O–H groups in total. The molecule has 20 heavy (non-hydrogen) atoms. The lowest BCUT2D eigenvalue weighted by molar-refractivity contribution is -0.384. The predicted octanol–water partition coefficient (Wildman–Crippen LogP) is 2.78. The van der Waals surface area contributed by atoms with E-state index in [1.807, 2.05) is 6.92 Å². The Morgan fingerprint density at radius 2 is 2.20 bits per heavy atom. The van der Waals surface area contributed by atoms with Gasteiger partial charge in [0.2, 0.25) is 0 Å². The van der Waals surface area contributed by atoms with Gasteiger partial charge >= 0.3 is 6.09 Å². The maximum Gasteiger partial charge on any atom is 0.410 e. The van der Waals surface area contributed by atoms with Crippen LogP contribution in [0.3, 0.4) is 0 Å². The summed E-state index contributed by atoms with van der Waals surface area (Å²) >= 11 is 0. The average Bonchev–Trinajstić information content (AvgIpc) is 2.94. The third-order valence-corrected chi connectivity index (χ3v) is 3.46. The molecule has 1 radical (unpaired) electrons. The van der Waals surface area contributed by atoms with Gasteiger partial charge in [0.1, 0.15) is 6.61 Å². The number of carbonyl (C=O) groups is 1. The van der Waals surface area contributed by atoms with Crippen molar-refractivity contribution in [3.05, 3.63) is 46.4 Å². The van der Waals surface area contributed by atoms with Crippen LogP contribution in [0.25, 0.3) is 0 Å². The highest BCUT2D eigenvalue weighted by Gasteiger charge is 2.26. The molecule has 1 amide bonds. The van der Waals surface area contributed by atoms with Crippen molar-refractivity contribution in [2.75, 3.05) is 13.1 Å². The number of carbonyl (C=O) groups excluding carboxylic acids is 1. The van der Waals surface area contributed by atoms with Gasteiger partial charge in [0, 0.05) is 25.2 Å². The number of nitrogens with zero attached hydrogens (tertiary/aromatic N) is 2. The molecule has 1 aromatic rings. The topological polar surface area (TPSA) is 72.7 Å². The Hall–Kier alpha value is -2.11. The van der Waals surface area contributed by atoms with Gasteiger partial charge in [-0.3, -0.25) is 10.1 Å². The predicted molar refractivity (Wildman–Crippen MR) is 72.9 cm³/mol. The molecule has 1 aromatic carbocycles. The highest BCUT2D eigenvalue weighted by Crippen LogP contribution is 2.19. The second-order valence-corrected chi connectivity index (χ2v) is 4.81. The Morgan fingerprint density at radius 1 is 1.50 bits per heavy atom. The molecule has 107 valence electrons. The fraction of sp³-hybridized carbons (Fsp3) is 0.429. The minimum Gasteiger partial charge on any atom is -0.445 e. The first-order valence-corrected chi connectivity index (χ1v) is 6.54. The zero-order valence-electron chi connectivity index (χ0n) is 11.3. The van der Waals surface area contributed by atoms with Gasteiger partial charge in [-0.1, -0.05) is 6.92 Å². The monoisotopic (exact) mass is 277 g/mol. The van der Waals surface area contributed by atoms with Gasteiger partial charge in [-0.25, -0.2) is 4.79 Å². The van der Waals surface area contributed by atoms with Crippen molar-refractivity contribution in [1.82, 2.24) is 4.90 Å². The summed E-state index contributed by atoms with van der Waals surface area (Å²) in [6, 6.07) is 6.00. The first kappa shape index (κ1) is 14.3. The van der Waals surface area contributed by atoms with Gasteiger partial charge in [-0.15, -0.1) is 0 Å². The summed E-state index contributed by atoms with van der Waals surface area (Å²) in [6.45, 7) is 3.55. The lowest BCUT2D eigenvalue weighted by atomic mass is 10.1. The average molecular weight is 277 g/mol. The van der Waals surface area contributed by atoms with Crippen LogP contribution in [0.2, 0.25) is 0 Å². The highest BCUT2D eigenvalue weighted by atomic mass is 16.6. The summed E-state index contributed by atoms with van der Waals surface area (Å²) < 4.78 is 5.21. The zero-order valence-corrected chi connectivity index (χ0v) is 11.3. The zero-order chi connectivity index (χ0) is 14.5. The number of rotatable bonds is 4. The number of nitro benzene ring substituents is 1. The summed E-state index contributed by atoms with van der Waals surface area (Å²) in [6.07, 6.45) is 2.75. The smallest absolute Gasteiger partial charge is 0.410 e. The van der Waals surface area contributed by atoms with E-state index in [0.29, 0.717) is 19.0 Å². The van der Waals surface area contributed by atoms with Crippen LogP contribution < -0.4 is 0 Å². The first-order valence-electron chi connectivity index (χ1n) is 6.54. The Bertz CT molecular complexity index is 486. The van der Waals surface area contributed by atoms with Gasteiger partial charge in [0.25, 0.3) is 5.69 Å². The Labute approximate surface area is 117 Å². The number of benzene rings is 1. The maximum atomic E-state index is 11.8. The first-order chi connectivity index (χ1) is 9.60. The van der Waals surface area contributed by atoms with Gasteiger partial charge in [-0.05, 0) is 36.5 Å². The SMILES string of the molecule is C[CH]C1CCN(C(=O)OCc2ccc([N+](=O)[O-])cc2)C1. The molecule has 0 aliphatic carbocycles. The van der Waals surface area contributed by atoms with Crippen molar-refractivity contribution in [2.45, 2.75) is 20.0 Å². The quantitative estimate of drug-likeness (QED) is 0.626. The Balaban J connectivity index is 1.83. The number of amides is 1. The van der Waals surface area contributed by atoms with E-state index in [9.17, 15) is 14.9 Å². The Morgan fingerprint density at radius 3 is 2.75 bits per heavy atom. The number of nitro groups is 1. The Kier molecular flexibility index (Phi) is 4.55. The largest absolute Gasteiger partial charge is 0.445 e. The van der Waals surface area contributed by atoms with E-state index in [1.54, 1.807) is 17.0 Å². The molecule has 0 spiro atoms. The summed E-state index contributed by atoms with van der Waals surface area (Å²) in [5, 5.41) is 10.5. The minimum absolute atomic E-state index is 0.0287. The van der Waals surface area contributed by atoms with Gasteiger partial charge in [-0.2, -0.15) is 0 Å². The molecule has 6 heteroatoms. The molecule has 0 bridgehead atoms. The second-order valence-electron chi connectivity index (χ2n) is 4.81. The van der Waals surface area contributed by atoms with Crippen molar-refractivity contribution < 1.29 is 14.5 Å². The molecular weight excluding hydrogens is 260 g/mol. The summed E-state index contributed by atoms with van der Waals surface area (Å²) in [5.41, 5.74) is 0.766. The van der Waals surface area contributed by atoms with Crippen LogP contribution in [0, 0.1) is 22.5 Å². The van der Waals surface area contributed by atoms with Crippen LogP contribution in [-0.2, 0) is 11.3 Å². The third kappa shape index (κ3) is 3.46. The molecular formula is C14H17N2O4. The van der Waals surface area contributed by atoms with E-state index in [0.717, 1.165) is 12.0 Å². The van der Waals surface area contributed by atoms with Gasteiger partial charge in [0.15, 0.2) is 0 Å². The number of likely N-dealkylation sites (tertiary alicyclic amines) is 1. The number of ether oxygens (including phenoxy) is 1. The molecule has 0 saturated carbocycles. The van der Waals surface area contributed by atoms with Crippen molar-refractivity contribution >= 4 is 11.8 Å². The summed E-state index contributed by atoms with van der Waals surface area (Å²) in [7, 11) is 0. The van der Waals surface area contributed by atoms with Crippen LogP contribution in [0.4, 0.5) is 10.5 Å². The maximum absolute atomic E-state index is 11.8. The molecule has 1 saturated heterocycles. The van der Waals surface area contributed by atoms with Crippen LogP contribution in [0.5, 0.6) is 0 Å². The van der Waals surface area contributed by atoms with Crippen molar-refractivity contribution in [3.63, 3.8) is 0 Å². The van der Waals surface area contributed by atoms with Crippen molar-refractivity contribution in [3.8, 4) is 0 Å². The van der Waals surface area contributed by atoms with Crippen molar-refractivity contribution in [2.24, 2.45) is 5.92 Å². The molecule has 1 heterocycles. The molecule has 1 atom stereocenters. The van der Waals surface area contributed by atoms with Gasteiger partial charge in [0.05, 0.1) is 4.92 Å². The van der Waals surface area contributed by atoms with Gasteiger partial charge < -0.3 is 9.64 Å². The number of non-ortho nitro benzene ring substituents is 1. The van der Waals surface area contributed by atoms with E-state index < -0.39 is 4.92 Å². The van der Waals surface area contributed by atoms with E-state index >= 15 is 0 Å². The molecule has 1 aliphatic heterocycles. The molecule has 1 aliphatic rings. The lowest BCUT2D eigenvalue weighted by Gasteiger charge is -2.16. The minimum atomic E-state index is -0.457. The lowest BCUT2D eigenvalue weighted by Crippen LogP contribution is -2.29. The van der Waals surface area contributed by atoms with Crippen LogP contribution in [0.15, 0.2) is 24.3 Å². The highest BCUT2D eigenvalue weighted by molar-refractivity contribution is 5.68. The molecule has 1 fully saturated rings. The van der Waals surface area contributed by atoms with E-state index in [1.165, 1.54) is 12.1 Å².